The number of rotatable bonds is 3. The van der Waals surface area contributed by atoms with Crippen molar-refractivity contribution in [3.05, 3.63) is 42.0 Å². The molecule has 0 unspecified atom stereocenters. The molecule has 0 fully saturated rings. The average Bonchev–Trinajstić information content (AvgIpc) is 2.87. The number of nitrogens with zero attached hydrogens (tertiary/aromatic N) is 3. The summed E-state index contributed by atoms with van der Waals surface area (Å²) in [6.45, 7) is 1.81. The molecule has 19 heavy (non-hydrogen) atoms. The van der Waals surface area contributed by atoms with Gasteiger partial charge in [0.2, 0.25) is 0 Å². The van der Waals surface area contributed by atoms with Gasteiger partial charge >= 0.3 is 6.18 Å². The number of pyridine rings is 1. The summed E-state index contributed by atoms with van der Waals surface area (Å²) in [6, 6.07) is 3.13. The van der Waals surface area contributed by atoms with Gasteiger partial charge in [-0.25, -0.2) is 4.68 Å². The Balaban J connectivity index is 2.25. The lowest BCUT2D eigenvalue weighted by Gasteiger charge is -2.07. The highest BCUT2D eigenvalue weighted by molar-refractivity contribution is 5.30. The molecular formula is C12H12F3N3O. The van der Waals surface area contributed by atoms with E-state index in [0.29, 0.717) is 17.8 Å². The Morgan fingerprint density at radius 1 is 1.32 bits per heavy atom. The van der Waals surface area contributed by atoms with Gasteiger partial charge in [-0.15, -0.1) is 0 Å². The smallest absolute Gasteiger partial charge is 0.387 e. The molecule has 1 N–H and O–H groups in total. The topological polar surface area (TPSA) is 50.9 Å². The Hall–Kier alpha value is -1.89. The summed E-state index contributed by atoms with van der Waals surface area (Å²) in [5.74, 6) is 0. The van der Waals surface area contributed by atoms with E-state index < -0.39 is 17.8 Å². The molecule has 7 heteroatoms. The van der Waals surface area contributed by atoms with E-state index in [2.05, 4.69) is 10.1 Å². The fourth-order valence-electron chi connectivity index (χ4n) is 1.55. The van der Waals surface area contributed by atoms with Gasteiger partial charge in [0.25, 0.3) is 0 Å². The number of halogens is 3. The van der Waals surface area contributed by atoms with Crippen LogP contribution in [0.1, 0.15) is 30.7 Å². The molecule has 0 saturated heterocycles. The van der Waals surface area contributed by atoms with Gasteiger partial charge in [-0.1, -0.05) is 6.92 Å². The molecule has 0 bridgehead atoms. The number of hydrogen-bond donors (Lipinski definition) is 1. The molecule has 0 saturated carbocycles. The van der Waals surface area contributed by atoms with Crippen LogP contribution in [0.5, 0.6) is 0 Å². The van der Waals surface area contributed by atoms with Crippen molar-refractivity contribution in [2.24, 2.45) is 0 Å². The van der Waals surface area contributed by atoms with Crippen LogP contribution in [-0.4, -0.2) is 19.9 Å². The molecule has 1 atom stereocenters. The fraction of sp³-hybridized carbons (Fsp3) is 0.333. The lowest BCUT2D eigenvalue weighted by molar-refractivity contribution is -0.137. The Morgan fingerprint density at radius 3 is 2.53 bits per heavy atom. The number of aliphatic hydroxyl groups is 1. The Morgan fingerprint density at radius 2 is 2.05 bits per heavy atom. The molecule has 0 aromatic carbocycles. The van der Waals surface area contributed by atoms with E-state index in [0.717, 1.165) is 17.1 Å². The lowest BCUT2D eigenvalue weighted by Crippen LogP contribution is -2.03. The van der Waals surface area contributed by atoms with Gasteiger partial charge in [-0.05, 0) is 18.6 Å². The van der Waals surface area contributed by atoms with Crippen molar-refractivity contribution in [2.45, 2.75) is 25.6 Å². The molecule has 2 heterocycles. The second-order valence-electron chi connectivity index (χ2n) is 4.04. The van der Waals surface area contributed by atoms with Crippen molar-refractivity contribution in [3.63, 3.8) is 0 Å². The number of hydrogen-bond acceptors (Lipinski definition) is 3. The second-order valence-corrected chi connectivity index (χ2v) is 4.04. The maximum absolute atomic E-state index is 12.4. The third kappa shape index (κ3) is 2.93. The van der Waals surface area contributed by atoms with Crippen LogP contribution >= 0.6 is 0 Å². The van der Waals surface area contributed by atoms with Crippen LogP contribution < -0.4 is 0 Å². The zero-order chi connectivity index (χ0) is 14.0. The summed E-state index contributed by atoms with van der Waals surface area (Å²) in [4.78, 5) is 4.01. The van der Waals surface area contributed by atoms with Crippen molar-refractivity contribution >= 4 is 0 Å². The quantitative estimate of drug-likeness (QED) is 0.933. The third-order valence-electron chi connectivity index (χ3n) is 2.67. The SMILES string of the molecule is CC[C@H](O)c1ccc(-n2cc(C(F)(F)F)cn2)cn1. The van der Waals surface area contributed by atoms with E-state index in [4.69, 9.17) is 0 Å². The van der Waals surface area contributed by atoms with E-state index in [1.165, 1.54) is 6.20 Å². The van der Waals surface area contributed by atoms with Crippen LogP contribution in [0, 0.1) is 0 Å². The summed E-state index contributed by atoms with van der Waals surface area (Å²) in [5, 5.41) is 13.2. The van der Waals surface area contributed by atoms with Crippen LogP contribution in [0.15, 0.2) is 30.7 Å². The maximum atomic E-state index is 12.4. The van der Waals surface area contributed by atoms with Gasteiger partial charge in [-0.2, -0.15) is 18.3 Å². The van der Waals surface area contributed by atoms with Crippen molar-refractivity contribution in [1.29, 1.82) is 0 Å². The van der Waals surface area contributed by atoms with Crippen LogP contribution in [0.25, 0.3) is 5.69 Å². The molecule has 2 aromatic heterocycles. The molecule has 0 aliphatic rings. The predicted octanol–water partition coefficient (Wildman–Crippen LogP) is 2.73. The normalized spacial score (nSPS) is 13.5. The highest BCUT2D eigenvalue weighted by Gasteiger charge is 2.32. The minimum absolute atomic E-state index is 0.405. The zero-order valence-electron chi connectivity index (χ0n) is 10.1. The molecule has 0 amide bonds. The Labute approximate surface area is 107 Å². The highest BCUT2D eigenvalue weighted by Crippen LogP contribution is 2.29. The van der Waals surface area contributed by atoms with E-state index in [9.17, 15) is 18.3 Å². The molecule has 2 rings (SSSR count). The molecule has 0 spiro atoms. The molecular weight excluding hydrogens is 259 g/mol. The molecule has 0 aliphatic heterocycles. The minimum Gasteiger partial charge on any atom is -0.387 e. The van der Waals surface area contributed by atoms with E-state index in [-0.39, 0.29) is 0 Å². The fourth-order valence-corrected chi connectivity index (χ4v) is 1.55. The summed E-state index contributed by atoms with van der Waals surface area (Å²) < 4.78 is 38.4. The first-order valence-corrected chi connectivity index (χ1v) is 5.68. The lowest BCUT2D eigenvalue weighted by atomic mass is 10.2. The number of alkyl halides is 3. The first-order valence-electron chi connectivity index (χ1n) is 5.68. The van der Waals surface area contributed by atoms with Gasteiger partial charge in [0, 0.05) is 6.20 Å². The monoisotopic (exact) mass is 271 g/mol. The number of aliphatic hydroxyl groups excluding tert-OH is 1. The van der Waals surface area contributed by atoms with Crippen molar-refractivity contribution in [2.75, 3.05) is 0 Å². The maximum Gasteiger partial charge on any atom is 0.419 e. The highest BCUT2D eigenvalue weighted by atomic mass is 19.4. The van der Waals surface area contributed by atoms with E-state index in [1.54, 1.807) is 12.1 Å². The summed E-state index contributed by atoms with van der Waals surface area (Å²) in [6.07, 6.45) is -1.53. The van der Waals surface area contributed by atoms with E-state index >= 15 is 0 Å². The van der Waals surface area contributed by atoms with Crippen LogP contribution in [0.3, 0.4) is 0 Å². The van der Waals surface area contributed by atoms with Crippen LogP contribution in [-0.2, 0) is 6.18 Å². The zero-order valence-corrected chi connectivity index (χ0v) is 10.1. The van der Waals surface area contributed by atoms with Gasteiger partial charge in [0.05, 0.1) is 35.4 Å². The van der Waals surface area contributed by atoms with Crippen molar-refractivity contribution in [3.8, 4) is 5.69 Å². The minimum atomic E-state index is -4.41. The summed E-state index contributed by atoms with van der Waals surface area (Å²) in [5.41, 5.74) is 0.0715. The van der Waals surface area contributed by atoms with E-state index in [1.807, 2.05) is 6.92 Å². The summed E-state index contributed by atoms with van der Waals surface area (Å²) >= 11 is 0. The molecule has 4 nitrogen and oxygen atoms in total. The molecule has 2 aromatic rings. The second kappa shape index (κ2) is 5.00. The largest absolute Gasteiger partial charge is 0.419 e. The molecule has 102 valence electrons. The van der Waals surface area contributed by atoms with Crippen LogP contribution in [0.4, 0.5) is 13.2 Å². The Kier molecular flexibility index (Phi) is 3.57. The van der Waals surface area contributed by atoms with Gasteiger partial charge in [0.1, 0.15) is 0 Å². The average molecular weight is 271 g/mol. The summed E-state index contributed by atoms with van der Waals surface area (Å²) in [7, 11) is 0. The third-order valence-corrected chi connectivity index (χ3v) is 2.67. The van der Waals surface area contributed by atoms with Gasteiger partial charge in [-0.3, -0.25) is 4.98 Å². The predicted molar refractivity (Wildman–Crippen MR) is 61.6 cm³/mol. The Bertz CT molecular complexity index is 548. The standard InChI is InChI=1S/C12H12F3N3O/c1-2-11(19)10-4-3-9(6-16-10)18-7-8(5-17-18)12(13,14)15/h3-7,11,19H,2H2,1H3/t11-/m0/s1. The van der Waals surface area contributed by atoms with Gasteiger partial charge in [0.15, 0.2) is 0 Å². The first-order chi connectivity index (χ1) is 8.91. The van der Waals surface area contributed by atoms with Crippen LogP contribution in [0.2, 0.25) is 0 Å². The van der Waals surface area contributed by atoms with Crippen molar-refractivity contribution in [1.82, 2.24) is 14.8 Å². The van der Waals surface area contributed by atoms with Gasteiger partial charge < -0.3 is 5.11 Å². The molecule has 0 aliphatic carbocycles. The van der Waals surface area contributed by atoms with Crippen molar-refractivity contribution < 1.29 is 18.3 Å². The number of aromatic nitrogens is 3. The first kappa shape index (κ1) is 13.5. The molecule has 0 radical (unpaired) electrons.